The van der Waals surface area contributed by atoms with Crippen molar-refractivity contribution in [2.75, 3.05) is 5.32 Å². The Morgan fingerprint density at radius 2 is 2.05 bits per heavy atom. The number of rotatable bonds is 3. The summed E-state index contributed by atoms with van der Waals surface area (Å²) in [5.41, 5.74) is 0.682. The molecule has 98 valence electrons. The van der Waals surface area contributed by atoms with Crippen LogP contribution in [0.25, 0.3) is 0 Å². The van der Waals surface area contributed by atoms with Crippen molar-refractivity contribution in [2.45, 2.75) is 6.92 Å². The van der Waals surface area contributed by atoms with E-state index in [0.29, 0.717) is 11.3 Å². The molecule has 0 radical (unpaired) electrons. The summed E-state index contributed by atoms with van der Waals surface area (Å²) >= 11 is 0. The molecule has 2 N–H and O–H groups in total. The van der Waals surface area contributed by atoms with Crippen LogP contribution in [-0.4, -0.2) is 17.0 Å². The zero-order valence-electron chi connectivity index (χ0n) is 9.94. The normalized spacial score (nSPS) is 10.2. The molecule has 0 saturated heterocycles. The Kier molecular flexibility index (Phi) is 3.33. The Hall–Kier alpha value is -2.63. The highest BCUT2D eigenvalue weighted by Crippen LogP contribution is 2.15. The summed E-state index contributed by atoms with van der Waals surface area (Å²) in [6, 6.07) is 5.22. The number of carboxylic acid groups (broad SMARTS) is 1. The topological polar surface area (TPSA) is 79.5 Å². The molecule has 0 unspecified atom stereocenters. The standard InChI is InChI=1S/C13H10FNO4/c1-7-4-9(2-3-10(7)14)15-12(16)11-5-8(6-19-11)13(17)18/h2-6H,1H3,(H,15,16)(H,17,18). The molecule has 0 aliphatic carbocycles. The van der Waals surface area contributed by atoms with Gasteiger partial charge in [0.2, 0.25) is 0 Å². The predicted octanol–water partition coefficient (Wildman–Crippen LogP) is 2.68. The van der Waals surface area contributed by atoms with Gasteiger partial charge in [0.25, 0.3) is 5.91 Å². The van der Waals surface area contributed by atoms with Crippen LogP contribution < -0.4 is 5.32 Å². The highest BCUT2D eigenvalue weighted by molar-refractivity contribution is 6.03. The van der Waals surface area contributed by atoms with Crippen molar-refractivity contribution in [3.63, 3.8) is 0 Å². The zero-order chi connectivity index (χ0) is 14.0. The van der Waals surface area contributed by atoms with Gasteiger partial charge in [-0.3, -0.25) is 4.79 Å². The number of carbonyl (C=O) groups excluding carboxylic acids is 1. The van der Waals surface area contributed by atoms with Crippen LogP contribution in [0.4, 0.5) is 10.1 Å². The highest BCUT2D eigenvalue weighted by Gasteiger charge is 2.15. The second-order valence-corrected chi connectivity index (χ2v) is 3.92. The first-order valence-electron chi connectivity index (χ1n) is 5.36. The Morgan fingerprint density at radius 3 is 2.63 bits per heavy atom. The molecule has 0 fully saturated rings. The molecule has 1 aromatic carbocycles. The van der Waals surface area contributed by atoms with Crippen molar-refractivity contribution in [3.8, 4) is 0 Å². The Bertz CT molecular complexity index is 648. The number of anilines is 1. The summed E-state index contributed by atoms with van der Waals surface area (Å²) in [5, 5.41) is 11.2. The minimum atomic E-state index is -1.18. The lowest BCUT2D eigenvalue weighted by molar-refractivity contribution is 0.0696. The number of aromatic carboxylic acids is 1. The van der Waals surface area contributed by atoms with Crippen LogP contribution in [0.15, 0.2) is 34.9 Å². The van der Waals surface area contributed by atoms with Crippen LogP contribution in [0.5, 0.6) is 0 Å². The van der Waals surface area contributed by atoms with Crippen molar-refractivity contribution >= 4 is 17.6 Å². The third-order valence-electron chi connectivity index (χ3n) is 2.49. The summed E-state index contributed by atoms with van der Waals surface area (Å²) in [6.07, 6.45) is 0.979. The average Bonchev–Trinajstić information content (AvgIpc) is 2.83. The van der Waals surface area contributed by atoms with Gasteiger partial charge in [-0.2, -0.15) is 0 Å². The summed E-state index contributed by atoms with van der Waals surface area (Å²) in [4.78, 5) is 22.4. The van der Waals surface area contributed by atoms with Gasteiger partial charge in [-0.15, -0.1) is 0 Å². The number of furan rings is 1. The molecule has 0 bridgehead atoms. The second-order valence-electron chi connectivity index (χ2n) is 3.92. The van der Waals surface area contributed by atoms with Crippen molar-refractivity contribution in [1.29, 1.82) is 0 Å². The monoisotopic (exact) mass is 263 g/mol. The van der Waals surface area contributed by atoms with Gasteiger partial charge in [-0.1, -0.05) is 0 Å². The lowest BCUT2D eigenvalue weighted by Crippen LogP contribution is -2.11. The molecule has 0 atom stereocenters. The van der Waals surface area contributed by atoms with Gasteiger partial charge < -0.3 is 14.8 Å². The Labute approximate surface area is 107 Å². The number of hydrogen-bond donors (Lipinski definition) is 2. The smallest absolute Gasteiger partial charge is 0.338 e. The van der Waals surface area contributed by atoms with Gasteiger partial charge in [0, 0.05) is 11.8 Å². The summed E-state index contributed by atoms with van der Waals surface area (Å²) in [6.45, 7) is 1.57. The number of aryl methyl sites for hydroxylation is 1. The summed E-state index contributed by atoms with van der Waals surface area (Å²) in [5.74, 6) is -2.28. The van der Waals surface area contributed by atoms with Crippen molar-refractivity contribution in [1.82, 2.24) is 0 Å². The SMILES string of the molecule is Cc1cc(NC(=O)c2cc(C(=O)O)co2)ccc1F. The van der Waals surface area contributed by atoms with Crippen LogP contribution in [0, 0.1) is 12.7 Å². The number of carboxylic acids is 1. The maximum absolute atomic E-state index is 13.1. The minimum Gasteiger partial charge on any atom is -0.478 e. The van der Waals surface area contributed by atoms with Gasteiger partial charge in [-0.05, 0) is 30.7 Å². The molecule has 1 amide bonds. The fourth-order valence-electron chi connectivity index (χ4n) is 1.48. The van der Waals surface area contributed by atoms with Gasteiger partial charge in [-0.25, -0.2) is 9.18 Å². The third kappa shape index (κ3) is 2.79. The minimum absolute atomic E-state index is 0.111. The van der Waals surface area contributed by atoms with Crippen molar-refractivity contribution < 1.29 is 23.5 Å². The fraction of sp³-hybridized carbons (Fsp3) is 0.0769. The van der Waals surface area contributed by atoms with E-state index in [4.69, 9.17) is 9.52 Å². The van der Waals surface area contributed by atoms with Gasteiger partial charge in [0.1, 0.15) is 12.1 Å². The molecule has 0 spiro atoms. The van der Waals surface area contributed by atoms with E-state index in [1.165, 1.54) is 18.2 Å². The molecule has 6 heteroatoms. The highest BCUT2D eigenvalue weighted by atomic mass is 19.1. The third-order valence-corrected chi connectivity index (χ3v) is 2.49. The molecule has 1 heterocycles. The molecule has 19 heavy (non-hydrogen) atoms. The Balaban J connectivity index is 2.15. The van der Waals surface area contributed by atoms with Crippen LogP contribution in [-0.2, 0) is 0 Å². The van der Waals surface area contributed by atoms with E-state index in [0.717, 1.165) is 12.3 Å². The quantitative estimate of drug-likeness (QED) is 0.892. The molecule has 2 aromatic rings. The van der Waals surface area contributed by atoms with Crippen molar-refractivity contribution in [2.24, 2.45) is 0 Å². The number of benzene rings is 1. The first-order chi connectivity index (χ1) is 8.97. The molecule has 0 aliphatic heterocycles. The molecule has 2 rings (SSSR count). The fourth-order valence-corrected chi connectivity index (χ4v) is 1.48. The molecule has 0 aliphatic rings. The lowest BCUT2D eigenvalue weighted by Gasteiger charge is -2.04. The van der Waals surface area contributed by atoms with Gasteiger partial charge in [0.05, 0.1) is 5.56 Å². The van der Waals surface area contributed by atoms with E-state index in [1.54, 1.807) is 6.92 Å². The largest absolute Gasteiger partial charge is 0.478 e. The number of hydrogen-bond acceptors (Lipinski definition) is 3. The van der Waals surface area contributed by atoms with E-state index in [1.807, 2.05) is 0 Å². The number of halogens is 1. The van der Waals surface area contributed by atoms with Crippen molar-refractivity contribution in [3.05, 3.63) is 53.2 Å². The molecule has 0 saturated carbocycles. The molecular formula is C13H10FNO4. The average molecular weight is 263 g/mol. The van der Waals surface area contributed by atoms with Crippen LogP contribution in [0.1, 0.15) is 26.5 Å². The first-order valence-corrected chi connectivity index (χ1v) is 5.36. The van der Waals surface area contributed by atoms with Crippen LogP contribution in [0.2, 0.25) is 0 Å². The Morgan fingerprint density at radius 1 is 1.32 bits per heavy atom. The van der Waals surface area contributed by atoms with Gasteiger partial charge >= 0.3 is 5.97 Å². The zero-order valence-corrected chi connectivity index (χ0v) is 9.94. The summed E-state index contributed by atoms with van der Waals surface area (Å²) in [7, 11) is 0. The van der Waals surface area contributed by atoms with E-state index in [-0.39, 0.29) is 17.1 Å². The van der Waals surface area contributed by atoms with Crippen LogP contribution >= 0.6 is 0 Å². The maximum Gasteiger partial charge on any atom is 0.338 e. The van der Waals surface area contributed by atoms with Gasteiger partial charge in [0.15, 0.2) is 5.76 Å². The first kappa shape index (κ1) is 12.8. The molecule has 5 nitrogen and oxygen atoms in total. The molecular weight excluding hydrogens is 253 g/mol. The number of amides is 1. The molecule has 1 aromatic heterocycles. The van der Waals surface area contributed by atoms with E-state index < -0.39 is 11.9 Å². The summed E-state index contributed by atoms with van der Waals surface area (Å²) < 4.78 is 17.9. The number of carbonyl (C=O) groups is 2. The lowest BCUT2D eigenvalue weighted by atomic mass is 10.2. The van der Waals surface area contributed by atoms with E-state index >= 15 is 0 Å². The van der Waals surface area contributed by atoms with E-state index in [2.05, 4.69) is 5.32 Å². The maximum atomic E-state index is 13.1. The van der Waals surface area contributed by atoms with E-state index in [9.17, 15) is 14.0 Å². The van der Waals surface area contributed by atoms with Crippen LogP contribution in [0.3, 0.4) is 0 Å². The number of nitrogens with one attached hydrogen (secondary N) is 1. The second kappa shape index (κ2) is 4.93. The predicted molar refractivity (Wildman–Crippen MR) is 64.8 cm³/mol.